The van der Waals surface area contributed by atoms with Crippen LogP contribution < -0.4 is 4.74 Å². The Morgan fingerprint density at radius 3 is 2.65 bits per heavy atom. The van der Waals surface area contributed by atoms with E-state index in [2.05, 4.69) is 21.3 Å². The van der Waals surface area contributed by atoms with Gasteiger partial charge in [-0.15, -0.1) is 6.58 Å². The first-order chi connectivity index (χ1) is 11.1. The molecule has 0 saturated heterocycles. The Hall–Kier alpha value is -2.01. The molecule has 5 nitrogen and oxygen atoms in total. The van der Waals surface area contributed by atoms with Gasteiger partial charge in [-0.1, -0.05) is 35.0 Å². The minimum atomic E-state index is -0.870. The molecule has 0 heterocycles. The summed E-state index contributed by atoms with van der Waals surface area (Å²) in [7, 11) is 1.61. The van der Waals surface area contributed by atoms with E-state index in [4.69, 9.17) is 16.3 Å². The number of allylic oxidation sites excluding steroid dienone is 1. The van der Waals surface area contributed by atoms with E-state index in [1.165, 1.54) is 0 Å². The van der Waals surface area contributed by atoms with Crippen LogP contribution in [0.3, 0.4) is 0 Å². The lowest BCUT2D eigenvalue weighted by Crippen LogP contribution is -2.10. The number of halogens is 1. The number of carbonyl (C=O) groups excluding carboxylic acids is 1. The monoisotopic (exact) mass is 339 g/mol. The van der Waals surface area contributed by atoms with E-state index in [-0.39, 0.29) is 17.7 Å². The van der Waals surface area contributed by atoms with E-state index in [9.17, 15) is 4.79 Å². The Morgan fingerprint density at radius 2 is 2.09 bits per heavy atom. The molecule has 126 valence electrons. The molecule has 0 fully saturated rings. The molecule has 0 aliphatic rings. The summed E-state index contributed by atoms with van der Waals surface area (Å²) in [5.41, 5.74) is 0.969. The quantitative estimate of drug-likeness (QED) is 0.161. The Balaban J connectivity index is 2.86. The van der Waals surface area contributed by atoms with E-state index in [0.29, 0.717) is 0 Å². The summed E-state index contributed by atoms with van der Waals surface area (Å²) < 4.78 is 9.80. The van der Waals surface area contributed by atoms with Crippen LogP contribution in [0.4, 0.5) is 4.79 Å². The fourth-order valence-electron chi connectivity index (χ4n) is 2.01. The van der Waals surface area contributed by atoms with Crippen LogP contribution in [0, 0.1) is 0 Å². The molecule has 1 aromatic rings. The average Bonchev–Trinajstić information content (AvgIpc) is 2.57. The van der Waals surface area contributed by atoms with Crippen LogP contribution in [0.5, 0.6) is 5.75 Å². The number of ether oxygens (including phenoxy) is 2. The second-order valence-corrected chi connectivity index (χ2v) is 5.12. The van der Waals surface area contributed by atoms with E-state index >= 15 is 0 Å². The summed E-state index contributed by atoms with van der Waals surface area (Å²) in [5, 5.41) is 3.89. The van der Waals surface area contributed by atoms with Crippen LogP contribution in [-0.4, -0.2) is 25.0 Å². The van der Waals surface area contributed by atoms with Crippen LogP contribution >= 0.6 is 11.6 Å². The fourth-order valence-corrected chi connectivity index (χ4v) is 2.28. The van der Waals surface area contributed by atoms with E-state index in [1.54, 1.807) is 14.0 Å². The number of rotatable bonds is 9. The smallest absolute Gasteiger partial charge is 0.497 e. The van der Waals surface area contributed by atoms with Crippen molar-refractivity contribution in [2.75, 3.05) is 13.7 Å². The Labute approximate surface area is 141 Å². The maximum Gasteiger partial charge on any atom is 0.535 e. The third-order valence-corrected chi connectivity index (χ3v) is 3.51. The van der Waals surface area contributed by atoms with Crippen molar-refractivity contribution >= 4 is 22.9 Å². The average molecular weight is 340 g/mol. The number of hydrogen-bond acceptors (Lipinski definition) is 5. The van der Waals surface area contributed by atoms with Gasteiger partial charge < -0.3 is 9.47 Å². The normalized spacial score (nSPS) is 12.4. The van der Waals surface area contributed by atoms with Crippen LogP contribution in [0.1, 0.15) is 37.7 Å². The van der Waals surface area contributed by atoms with Crippen LogP contribution in [0.25, 0.3) is 0 Å². The molecular formula is C17H22ClNO4. The highest BCUT2D eigenvalue weighted by molar-refractivity contribution is 6.66. The molecule has 0 amide bonds. The third kappa shape index (κ3) is 6.74. The highest BCUT2D eigenvalue weighted by Gasteiger charge is 2.18. The number of oxime groups is 1. The summed E-state index contributed by atoms with van der Waals surface area (Å²) in [6.07, 6.45) is 3.50. The lowest BCUT2D eigenvalue weighted by molar-refractivity contribution is 0.0613. The minimum absolute atomic E-state index is 0.169. The molecule has 1 rings (SSSR count). The molecule has 0 bridgehead atoms. The van der Waals surface area contributed by atoms with Crippen molar-refractivity contribution < 1.29 is 19.1 Å². The number of methoxy groups -OCH3 is 1. The number of unbranched alkanes of at least 4 members (excludes halogenated alkanes) is 1. The van der Waals surface area contributed by atoms with E-state index in [0.717, 1.165) is 30.6 Å². The zero-order valence-electron chi connectivity index (χ0n) is 13.5. The second-order valence-electron chi connectivity index (χ2n) is 4.73. The standard InChI is InChI=1S/C17H22ClNO4/c1-4-6-7-8-15(13-9-11-14(21-3)12-10-13)16(18)19-23-17(20)22-5-2/h4,9-12,15H,1,5-8H2,2-3H3/b19-16-. The van der Waals surface area contributed by atoms with Crippen molar-refractivity contribution in [1.82, 2.24) is 0 Å². The summed E-state index contributed by atoms with van der Waals surface area (Å²) >= 11 is 6.24. The van der Waals surface area contributed by atoms with Gasteiger partial charge in [-0.3, -0.25) is 4.84 Å². The van der Waals surface area contributed by atoms with Crippen molar-refractivity contribution in [2.24, 2.45) is 5.16 Å². The van der Waals surface area contributed by atoms with E-state index < -0.39 is 6.16 Å². The summed E-state index contributed by atoms with van der Waals surface area (Å²) in [6.45, 7) is 5.61. The predicted octanol–water partition coefficient (Wildman–Crippen LogP) is 4.86. The summed E-state index contributed by atoms with van der Waals surface area (Å²) in [6, 6.07) is 7.54. The van der Waals surface area contributed by atoms with Gasteiger partial charge in [0.2, 0.25) is 0 Å². The van der Waals surface area contributed by atoms with Gasteiger partial charge in [-0.2, -0.15) is 0 Å². The van der Waals surface area contributed by atoms with E-state index in [1.807, 2.05) is 30.3 Å². The molecule has 6 heteroatoms. The van der Waals surface area contributed by atoms with Crippen LogP contribution in [0.15, 0.2) is 42.1 Å². The molecule has 0 saturated carbocycles. The van der Waals surface area contributed by atoms with Gasteiger partial charge in [0.05, 0.1) is 13.7 Å². The summed E-state index contributed by atoms with van der Waals surface area (Å²) in [4.78, 5) is 15.9. The van der Waals surface area contributed by atoms with Crippen LogP contribution in [0.2, 0.25) is 0 Å². The van der Waals surface area contributed by atoms with Gasteiger partial charge in [-0.25, -0.2) is 4.79 Å². The molecule has 0 aliphatic heterocycles. The van der Waals surface area contributed by atoms with Crippen molar-refractivity contribution in [3.63, 3.8) is 0 Å². The van der Waals surface area contributed by atoms with Crippen molar-refractivity contribution in [1.29, 1.82) is 0 Å². The summed E-state index contributed by atoms with van der Waals surface area (Å²) in [5.74, 6) is 0.589. The van der Waals surface area contributed by atoms with Gasteiger partial charge >= 0.3 is 6.16 Å². The van der Waals surface area contributed by atoms with Gasteiger partial charge in [0.1, 0.15) is 5.75 Å². The number of hydrogen-bond donors (Lipinski definition) is 0. The molecular weight excluding hydrogens is 318 g/mol. The highest BCUT2D eigenvalue weighted by Crippen LogP contribution is 2.27. The lowest BCUT2D eigenvalue weighted by Gasteiger charge is -2.15. The minimum Gasteiger partial charge on any atom is -0.497 e. The maximum absolute atomic E-state index is 11.2. The SMILES string of the molecule is C=CCCCC(/C(Cl)=N/OC(=O)OCC)c1ccc(OC)cc1. The largest absolute Gasteiger partial charge is 0.535 e. The first-order valence-corrected chi connectivity index (χ1v) is 7.82. The molecule has 0 aromatic heterocycles. The lowest BCUT2D eigenvalue weighted by atomic mass is 9.94. The van der Waals surface area contributed by atoms with Crippen LogP contribution in [-0.2, 0) is 9.57 Å². The fraction of sp³-hybridized carbons (Fsp3) is 0.412. The Kier molecular flexibility index (Phi) is 8.83. The van der Waals surface area contributed by atoms with Gasteiger partial charge in [-0.05, 0) is 43.9 Å². The van der Waals surface area contributed by atoms with Crippen molar-refractivity contribution in [2.45, 2.75) is 32.1 Å². The molecule has 0 N–H and O–H groups in total. The Morgan fingerprint density at radius 1 is 1.39 bits per heavy atom. The third-order valence-electron chi connectivity index (χ3n) is 3.18. The maximum atomic E-state index is 11.2. The van der Waals surface area contributed by atoms with Gasteiger partial charge in [0, 0.05) is 5.92 Å². The molecule has 1 unspecified atom stereocenters. The number of benzene rings is 1. The number of nitrogens with zero attached hydrogens (tertiary/aromatic N) is 1. The predicted molar refractivity (Wildman–Crippen MR) is 91.2 cm³/mol. The molecule has 0 radical (unpaired) electrons. The zero-order valence-corrected chi connectivity index (χ0v) is 14.2. The highest BCUT2D eigenvalue weighted by atomic mass is 35.5. The first-order valence-electron chi connectivity index (χ1n) is 7.44. The Bertz CT molecular complexity index is 528. The number of carbonyl (C=O) groups is 1. The van der Waals surface area contributed by atoms with Crippen molar-refractivity contribution in [3.8, 4) is 5.75 Å². The van der Waals surface area contributed by atoms with Gasteiger partial charge in [0.25, 0.3) is 0 Å². The molecule has 1 aromatic carbocycles. The van der Waals surface area contributed by atoms with Gasteiger partial charge in [0.15, 0.2) is 5.17 Å². The molecule has 0 spiro atoms. The molecule has 1 atom stereocenters. The second kappa shape index (κ2) is 10.7. The molecule has 0 aliphatic carbocycles. The zero-order chi connectivity index (χ0) is 17.1. The first kappa shape index (κ1) is 19.0. The molecule has 23 heavy (non-hydrogen) atoms. The van der Waals surface area contributed by atoms with Crippen molar-refractivity contribution in [3.05, 3.63) is 42.5 Å². The topological polar surface area (TPSA) is 57.1 Å².